The number of benzene rings is 2. The second-order valence-electron chi connectivity index (χ2n) is 6.72. The van der Waals surface area contributed by atoms with Gasteiger partial charge in [-0.25, -0.2) is 4.39 Å². The van der Waals surface area contributed by atoms with Crippen LogP contribution in [0.25, 0.3) is 0 Å². The fourth-order valence-electron chi connectivity index (χ4n) is 2.90. The summed E-state index contributed by atoms with van der Waals surface area (Å²) in [5.74, 6) is -0.549. The Morgan fingerprint density at radius 3 is 2.62 bits per heavy atom. The maximum atomic E-state index is 14.2. The first-order valence-electron chi connectivity index (χ1n) is 9.50. The summed E-state index contributed by atoms with van der Waals surface area (Å²) in [6.07, 6.45) is 0.550. The van der Waals surface area contributed by atoms with E-state index in [0.29, 0.717) is 12.3 Å². The molecule has 2 rings (SSSR count). The predicted molar refractivity (Wildman–Crippen MR) is 111 cm³/mol. The number of hydrogen-bond acceptors (Lipinski definition) is 3. The van der Waals surface area contributed by atoms with Crippen LogP contribution in [-0.4, -0.2) is 36.4 Å². The van der Waals surface area contributed by atoms with Gasteiger partial charge in [0, 0.05) is 23.7 Å². The molecule has 156 valence electrons. The van der Waals surface area contributed by atoms with Gasteiger partial charge in [-0.15, -0.1) is 0 Å². The summed E-state index contributed by atoms with van der Waals surface area (Å²) in [5, 5.41) is 2.99. The van der Waals surface area contributed by atoms with E-state index in [9.17, 15) is 14.0 Å². The van der Waals surface area contributed by atoms with Gasteiger partial charge in [0.2, 0.25) is 11.8 Å². The maximum absolute atomic E-state index is 14.2. The molecule has 2 aromatic rings. The molecule has 0 saturated heterocycles. The van der Waals surface area contributed by atoms with Crippen molar-refractivity contribution < 1.29 is 18.7 Å². The van der Waals surface area contributed by atoms with Gasteiger partial charge in [-0.3, -0.25) is 9.59 Å². The van der Waals surface area contributed by atoms with E-state index < -0.39 is 11.9 Å². The topological polar surface area (TPSA) is 58.6 Å². The Morgan fingerprint density at radius 2 is 1.97 bits per heavy atom. The van der Waals surface area contributed by atoms with E-state index >= 15 is 0 Å². The van der Waals surface area contributed by atoms with E-state index in [-0.39, 0.29) is 35.4 Å². The first kappa shape index (κ1) is 22.7. The molecule has 0 aliphatic heterocycles. The van der Waals surface area contributed by atoms with Gasteiger partial charge in [-0.1, -0.05) is 36.7 Å². The van der Waals surface area contributed by atoms with Crippen molar-refractivity contribution in [1.82, 2.24) is 10.2 Å². The Kier molecular flexibility index (Phi) is 8.46. The number of nitrogens with zero attached hydrogens (tertiary/aromatic N) is 1. The van der Waals surface area contributed by atoms with Gasteiger partial charge < -0.3 is 15.0 Å². The van der Waals surface area contributed by atoms with E-state index in [1.807, 2.05) is 19.1 Å². The van der Waals surface area contributed by atoms with Crippen molar-refractivity contribution in [3.8, 4) is 5.75 Å². The van der Waals surface area contributed by atoms with Crippen molar-refractivity contribution in [2.45, 2.75) is 39.3 Å². The van der Waals surface area contributed by atoms with Gasteiger partial charge >= 0.3 is 0 Å². The molecule has 1 unspecified atom stereocenters. The number of carbonyl (C=O) groups is 2. The number of ether oxygens (including phenoxy) is 1. The van der Waals surface area contributed by atoms with Crippen molar-refractivity contribution in [3.63, 3.8) is 0 Å². The average Bonchev–Trinajstić information content (AvgIpc) is 2.72. The van der Waals surface area contributed by atoms with Gasteiger partial charge in [0.05, 0.1) is 13.5 Å². The Labute approximate surface area is 175 Å². The lowest BCUT2D eigenvalue weighted by Crippen LogP contribution is -2.48. The summed E-state index contributed by atoms with van der Waals surface area (Å²) >= 11 is 6.08. The quantitative estimate of drug-likeness (QED) is 0.667. The second-order valence-corrected chi connectivity index (χ2v) is 7.12. The van der Waals surface area contributed by atoms with Crippen molar-refractivity contribution >= 4 is 23.4 Å². The summed E-state index contributed by atoms with van der Waals surface area (Å²) in [6.45, 7) is 4.31. The van der Waals surface area contributed by atoms with Crippen LogP contribution in [0.4, 0.5) is 4.39 Å². The number of carbonyl (C=O) groups excluding carboxylic acids is 2. The van der Waals surface area contributed by atoms with Crippen LogP contribution in [0.5, 0.6) is 5.75 Å². The maximum Gasteiger partial charge on any atom is 0.242 e. The first-order valence-corrected chi connectivity index (χ1v) is 9.88. The SMILES string of the molecule is CCCNC(=O)C(C)N(Cc1cccc(OC)c1)C(=O)Cc1c(F)cccc1Cl. The van der Waals surface area contributed by atoms with Crippen LogP contribution in [0.2, 0.25) is 5.02 Å². The molecule has 0 fully saturated rings. The molecule has 0 spiro atoms. The minimum Gasteiger partial charge on any atom is -0.497 e. The lowest BCUT2D eigenvalue weighted by atomic mass is 10.1. The van der Waals surface area contributed by atoms with Crippen LogP contribution in [0.15, 0.2) is 42.5 Å². The first-order chi connectivity index (χ1) is 13.9. The molecular weight excluding hydrogens is 395 g/mol. The lowest BCUT2D eigenvalue weighted by molar-refractivity contribution is -0.140. The van der Waals surface area contributed by atoms with Gasteiger partial charge in [-0.05, 0) is 43.2 Å². The molecule has 1 atom stereocenters. The van der Waals surface area contributed by atoms with E-state index in [1.54, 1.807) is 26.2 Å². The second kappa shape index (κ2) is 10.8. The lowest BCUT2D eigenvalue weighted by Gasteiger charge is -2.29. The number of methoxy groups -OCH3 is 1. The van der Waals surface area contributed by atoms with Crippen molar-refractivity contribution in [2.75, 3.05) is 13.7 Å². The third kappa shape index (κ3) is 6.19. The van der Waals surface area contributed by atoms with E-state index in [2.05, 4.69) is 5.32 Å². The Hall–Kier alpha value is -2.60. The standard InChI is InChI=1S/C22H26ClFN2O3/c1-4-11-25-22(28)15(2)26(14-16-7-5-8-17(12-16)29-3)21(27)13-18-19(23)9-6-10-20(18)24/h5-10,12,15H,4,11,13-14H2,1-3H3,(H,25,28). The molecule has 5 nitrogen and oxygen atoms in total. The van der Waals surface area contributed by atoms with Gasteiger partial charge in [0.1, 0.15) is 17.6 Å². The minimum atomic E-state index is -0.731. The van der Waals surface area contributed by atoms with Crippen LogP contribution in [0.3, 0.4) is 0 Å². The normalized spacial score (nSPS) is 11.6. The third-order valence-electron chi connectivity index (χ3n) is 4.59. The molecule has 0 aromatic heterocycles. The molecule has 0 aliphatic carbocycles. The summed E-state index contributed by atoms with van der Waals surface area (Å²) in [7, 11) is 1.56. The monoisotopic (exact) mass is 420 g/mol. The highest BCUT2D eigenvalue weighted by atomic mass is 35.5. The summed E-state index contributed by atoms with van der Waals surface area (Å²) in [5.41, 5.74) is 0.920. The molecule has 0 bridgehead atoms. The number of hydrogen-bond donors (Lipinski definition) is 1. The molecule has 0 heterocycles. The van der Waals surface area contributed by atoms with Crippen LogP contribution in [-0.2, 0) is 22.6 Å². The largest absolute Gasteiger partial charge is 0.497 e. The van der Waals surface area contributed by atoms with Gasteiger partial charge in [-0.2, -0.15) is 0 Å². The van der Waals surface area contributed by atoms with Crippen LogP contribution >= 0.6 is 11.6 Å². The molecule has 2 aromatic carbocycles. The fraction of sp³-hybridized carbons (Fsp3) is 0.364. The molecule has 2 amide bonds. The highest BCUT2D eigenvalue weighted by molar-refractivity contribution is 6.31. The number of rotatable bonds is 9. The third-order valence-corrected chi connectivity index (χ3v) is 4.95. The van der Waals surface area contributed by atoms with Crippen molar-refractivity contribution in [2.24, 2.45) is 0 Å². The van der Waals surface area contributed by atoms with E-state index in [1.165, 1.54) is 23.1 Å². The summed E-state index contributed by atoms with van der Waals surface area (Å²) in [4.78, 5) is 27.0. The molecule has 1 N–H and O–H groups in total. The highest BCUT2D eigenvalue weighted by Crippen LogP contribution is 2.22. The van der Waals surface area contributed by atoms with Crippen LogP contribution in [0, 0.1) is 5.82 Å². The Morgan fingerprint density at radius 1 is 1.24 bits per heavy atom. The van der Waals surface area contributed by atoms with Crippen molar-refractivity contribution in [1.29, 1.82) is 0 Å². The van der Waals surface area contributed by atoms with Crippen LogP contribution < -0.4 is 10.1 Å². The summed E-state index contributed by atoms with van der Waals surface area (Å²) in [6, 6.07) is 10.8. The number of nitrogens with one attached hydrogen (secondary N) is 1. The zero-order valence-corrected chi connectivity index (χ0v) is 17.6. The highest BCUT2D eigenvalue weighted by Gasteiger charge is 2.27. The Balaban J connectivity index is 2.29. The zero-order chi connectivity index (χ0) is 21.4. The predicted octanol–water partition coefficient (Wildman–Crippen LogP) is 3.97. The van der Waals surface area contributed by atoms with E-state index in [0.717, 1.165) is 12.0 Å². The van der Waals surface area contributed by atoms with E-state index in [4.69, 9.17) is 16.3 Å². The molecule has 29 heavy (non-hydrogen) atoms. The van der Waals surface area contributed by atoms with Crippen molar-refractivity contribution in [3.05, 3.63) is 64.4 Å². The molecule has 0 radical (unpaired) electrons. The van der Waals surface area contributed by atoms with Gasteiger partial charge in [0.25, 0.3) is 0 Å². The van der Waals surface area contributed by atoms with Gasteiger partial charge in [0.15, 0.2) is 0 Å². The number of halogens is 2. The summed E-state index contributed by atoms with van der Waals surface area (Å²) < 4.78 is 19.4. The molecule has 0 saturated carbocycles. The molecular formula is C22H26ClFN2O3. The minimum absolute atomic E-state index is 0.121. The average molecular weight is 421 g/mol. The molecule has 7 heteroatoms. The smallest absolute Gasteiger partial charge is 0.242 e. The Bertz CT molecular complexity index is 839. The fourth-order valence-corrected chi connectivity index (χ4v) is 3.13. The number of amides is 2. The molecule has 0 aliphatic rings. The van der Waals surface area contributed by atoms with Crippen LogP contribution in [0.1, 0.15) is 31.4 Å². The zero-order valence-electron chi connectivity index (χ0n) is 16.9.